The minimum atomic E-state index is -0.769. The molecule has 3 amide bonds. The summed E-state index contributed by atoms with van der Waals surface area (Å²) in [7, 11) is 0. The quantitative estimate of drug-likeness (QED) is 0.807. The summed E-state index contributed by atoms with van der Waals surface area (Å²) < 4.78 is 26.2. The van der Waals surface area contributed by atoms with Crippen molar-refractivity contribution in [3.05, 3.63) is 59.2 Å². The molecule has 2 aromatic carbocycles. The number of urea groups is 1. The molecule has 1 heterocycles. The molecule has 3 N–H and O–H groups in total. The van der Waals surface area contributed by atoms with Gasteiger partial charge in [0, 0.05) is 17.4 Å². The highest BCUT2D eigenvalue weighted by Gasteiger charge is 2.19. The Bertz CT molecular complexity index is 803. The van der Waals surface area contributed by atoms with Gasteiger partial charge in [-0.3, -0.25) is 4.79 Å². The molecule has 124 valence electrons. The van der Waals surface area contributed by atoms with Crippen molar-refractivity contribution in [2.45, 2.75) is 19.4 Å². The highest BCUT2D eigenvalue weighted by atomic mass is 19.1. The van der Waals surface area contributed by atoms with Gasteiger partial charge in [-0.05, 0) is 36.2 Å². The molecule has 0 bridgehead atoms. The van der Waals surface area contributed by atoms with Crippen LogP contribution in [0.15, 0.2) is 36.4 Å². The zero-order valence-corrected chi connectivity index (χ0v) is 12.8. The fourth-order valence-electron chi connectivity index (χ4n) is 2.59. The van der Waals surface area contributed by atoms with Crippen LogP contribution >= 0.6 is 0 Å². The third kappa shape index (κ3) is 3.51. The van der Waals surface area contributed by atoms with E-state index in [2.05, 4.69) is 16.0 Å². The lowest BCUT2D eigenvalue weighted by Crippen LogP contribution is -2.31. The number of anilines is 2. The first-order valence-corrected chi connectivity index (χ1v) is 7.37. The molecule has 0 fully saturated rings. The van der Waals surface area contributed by atoms with E-state index in [4.69, 9.17) is 0 Å². The number of amides is 3. The number of nitrogens with one attached hydrogen (secondary N) is 3. The molecule has 0 radical (unpaired) electrons. The molecule has 7 heteroatoms. The van der Waals surface area contributed by atoms with Crippen molar-refractivity contribution in [3.8, 4) is 0 Å². The molecule has 0 saturated heterocycles. The van der Waals surface area contributed by atoms with Crippen LogP contribution in [0.3, 0.4) is 0 Å². The zero-order valence-electron chi connectivity index (χ0n) is 12.8. The van der Waals surface area contributed by atoms with Gasteiger partial charge in [-0.1, -0.05) is 12.1 Å². The first-order valence-electron chi connectivity index (χ1n) is 7.37. The van der Waals surface area contributed by atoms with E-state index in [0.717, 1.165) is 35.0 Å². The van der Waals surface area contributed by atoms with Crippen molar-refractivity contribution in [1.82, 2.24) is 5.32 Å². The molecule has 1 unspecified atom stereocenters. The molecular weight excluding hydrogens is 316 g/mol. The maximum atomic E-state index is 13.1. The fraction of sp³-hybridized carbons (Fsp3) is 0.176. The summed E-state index contributed by atoms with van der Waals surface area (Å²) in [6.45, 7) is 1.78. The van der Waals surface area contributed by atoms with Crippen molar-refractivity contribution in [1.29, 1.82) is 0 Å². The highest BCUT2D eigenvalue weighted by Crippen LogP contribution is 2.26. The molecule has 24 heavy (non-hydrogen) atoms. The zero-order chi connectivity index (χ0) is 17.3. The van der Waals surface area contributed by atoms with Crippen molar-refractivity contribution in [2.24, 2.45) is 0 Å². The summed E-state index contributed by atoms with van der Waals surface area (Å²) in [6.07, 6.45) is 0.310. The average Bonchev–Trinajstić information content (AvgIpc) is 2.84. The lowest BCUT2D eigenvalue weighted by Gasteiger charge is -2.16. The first-order chi connectivity index (χ1) is 11.4. The van der Waals surface area contributed by atoms with Crippen LogP contribution in [-0.4, -0.2) is 11.9 Å². The molecule has 5 nitrogen and oxygen atoms in total. The number of halogens is 2. The Labute approximate surface area is 137 Å². The molecule has 1 atom stereocenters. The van der Waals surface area contributed by atoms with Crippen LogP contribution in [0.5, 0.6) is 0 Å². The third-order valence-corrected chi connectivity index (χ3v) is 3.72. The van der Waals surface area contributed by atoms with Gasteiger partial charge >= 0.3 is 6.03 Å². The molecule has 1 aliphatic rings. The average molecular weight is 331 g/mol. The van der Waals surface area contributed by atoms with E-state index in [0.29, 0.717) is 6.42 Å². The predicted molar refractivity (Wildman–Crippen MR) is 85.7 cm³/mol. The summed E-state index contributed by atoms with van der Waals surface area (Å²) in [5.74, 6) is -1.60. The molecular formula is C17H15F2N3O2. The van der Waals surface area contributed by atoms with Gasteiger partial charge in [-0.25, -0.2) is 13.6 Å². The van der Waals surface area contributed by atoms with Crippen molar-refractivity contribution in [3.63, 3.8) is 0 Å². The van der Waals surface area contributed by atoms with E-state index in [1.807, 2.05) is 6.07 Å². The number of hydrogen-bond donors (Lipinski definition) is 3. The van der Waals surface area contributed by atoms with Gasteiger partial charge in [-0.2, -0.15) is 0 Å². The summed E-state index contributed by atoms with van der Waals surface area (Å²) in [4.78, 5) is 23.3. The lowest BCUT2D eigenvalue weighted by atomic mass is 10.0. The standard InChI is InChI=1S/C17H15F2N3O2/c1-9(10-2-3-15-11(4-10)5-16(23)22-15)20-17(24)21-14-7-12(18)6-13(19)8-14/h2-4,6-9H,5H2,1H3,(H,22,23)(H2,20,21,24). The van der Waals surface area contributed by atoms with Gasteiger partial charge in [0.25, 0.3) is 0 Å². The van der Waals surface area contributed by atoms with E-state index in [1.54, 1.807) is 19.1 Å². The molecule has 0 aromatic heterocycles. The first kappa shape index (κ1) is 15.9. The Morgan fingerprint density at radius 3 is 2.58 bits per heavy atom. The molecule has 2 aromatic rings. The molecule has 3 rings (SSSR count). The maximum Gasteiger partial charge on any atom is 0.319 e. The number of rotatable bonds is 3. The second-order valence-corrected chi connectivity index (χ2v) is 5.62. The van der Waals surface area contributed by atoms with E-state index in [1.165, 1.54) is 0 Å². The summed E-state index contributed by atoms with van der Waals surface area (Å²) >= 11 is 0. The van der Waals surface area contributed by atoms with Gasteiger partial charge in [-0.15, -0.1) is 0 Å². The Kier molecular flexibility index (Phi) is 4.16. The van der Waals surface area contributed by atoms with Crippen LogP contribution in [0, 0.1) is 11.6 Å². The Morgan fingerprint density at radius 2 is 1.88 bits per heavy atom. The molecule has 0 spiro atoms. The lowest BCUT2D eigenvalue weighted by molar-refractivity contribution is -0.115. The Morgan fingerprint density at radius 1 is 1.17 bits per heavy atom. The molecule has 0 aliphatic carbocycles. The Balaban J connectivity index is 1.66. The number of hydrogen-bond acceptors (Lipinski definition) is 2. The van der Waals surface area contributed by atoms with Crippen LogP contribution in [0.25, 0.3) is 0 Å². The number of fused-ring (bicyclic) bond motifs is 1. The van der Waals surface area contributed by atoms with Crippen molar-refractivity contribution < 1.29 is 18.4 Å². The van der Waals surface area contributed by atoms with E-state index >= 15 is 0 Å². The second-order valence-electron chi connectivity index (χ2n) is 5.62. The van der Waals surface area contributed by atoms with Gasteiger partial charge in [0.15, 0.2) is 0 Å². The summed E-state index contributed by atoms with van der Waals surface area (Å²) in [5.41, 5.74) is 2.50. The summed E-state index contributed by atoms with van der Waals surface area (Å²) in [6, 6.07) is 7.29. The summed E-state index contributed by atoms with van der Waals surface area (Å²) in [5, 5.41) is 7.81. The van der Waals surface area contributed by atoms with E-state index in [-0.39, 0.29) is 17.6 Å². The van der Waals surface area contributed by atoms with Crippen molar-refractivity contribution in [2.75, 3.05) is 10.6 Å². The topological polar surface area (TPSA) is 70.2 Å². The van der Waals surface area contributed by atoms with Crippen LogP contribution < -0.4 is 16.0 Å². The minimum absolute atomic E-state index is 0.0287. The van der Waals surface area contributed by atoms with Crippen LogP contribution in [0.2, 0.25) is 0 Å². The number of carbonyl (C=O) groups excluding carboxylic acids is 2. The largest absolute Gasteiger partial charge is 0.331 e. The van der Waals surface area contributed by atoms with Crippen LogP contribution in [0.4, 0.5) is 25.0 Å². The van der Waals surface area contributed by atoms with E-state index in [9.17, 15) is 18.4 Å². The van der Waals surface area contributed by atoms with Crippen LogP contribution in [0.1, 0.15) is 24.1 Å². The smallest absolute Gasteiger partial charge is 0.319 e. The van der Waals surface area contributed by atoms with Gasteiger partial charge < -0.3 is 16.0 Å². The van der Waals surface area contributed by atoms with Crippen LogP contribution in [-0.2, 0) is 11.2 Å². The third-order valence-electron chi connectivity index (χ3n) is 3.72. The number of benzene rings is 2. The molecule has 0 saturated carbocycles. The molecule has 1 aliphatic heterocycles. The number of carbonyl (C=O) groups is 2. The predicted octanol–water partition coefficient (Wildman–Crippen LogP) is 3.34. The maximum absolute atomic E-state index is 13.1. The second kappa shape index (κ2) is 6.27. The van der Waals surface area contributed by atoms with Crippen molar-refractivity contribution >= 4 is 23.3 Å². The normalized spacial score (nSPS) is 13.9. The fourth-order valence-corrected chi connectivity index (χ4v) is 2.59. The van der Waals surface area contributed by atoms with E-state index < -0.39 is 17.7 Å². The minimum Gasteiger partial charge on any atom is -0.331 e. The SMILES string of the molecule is CC(NC(=O)Nc1cc(F)cc(F)c1)c1ccc2c(c1)CC(=O)N2. The monoisotopic (exact) mass is 331 g/mol. The van der Waals surface area contributed by atoms with Gasteiger partial charge in [0.1, 0.15) is 11.6 Å². The highest BCUT2D eigenvalue weighted by molar-refractivity contribution is 5.99. The Hall–Kier alpha value is -2.96. The van der Waals surface area contributed by atoms with Gasteiger partial charge in [0.2, 0.25) is 5.91 Å². The van der Waals surface area contributed by atoms with Gasteiger partial charge in [0.05, 0.1) is 12.5 Å².